The van der Waals surface area contributed by atoms with Gasteiger partial charge in [0, 0.05) is 18.7 Å². The van der Waals surface area contributed by atoms with E-state index < -0.39 is 52.3 Å². The number of nitrogens with zero attached hydrogens (tertiary/aromatic N) is 1. The zero-order valence-electron chi connectivity index (χ0n) is 12.3. The Morgan fingerprint density at radius 2 is 1.72 bits per heavy atom. The minimum Gasteiger partial charge on any atom is -0.387 e. The second-order valence-corrected chi connectivity index (χ2v) is 4.92. The van der Waals surface area contributed by atoms with Gasteiger partial charge in [0.05, 0.1) is 16.6 Å². The van der Waals surface area contributed by atoms with Crippen molar-refractivity contribution in [1.82, 2.24) is 5.32 Å². The van der Waals surface area contributed by atoms with Crippen molar-refractivity contribution in [2.75, 3.05) is 6.54 Å². The topological polar surface area (TPSA) is 92.5 Å². The fourth-order valence-electron chi connectivity index (χ4n) is 1.96. The van der Waals surface area contributed by atoms with Gasteiger partial charge in [0.2, 0.25) is 0 Å². The highest BCUT2D eigenvalue weighted by atomic mass is 19.2. The Morgan fingerprint density at radius 1 is 1.12 bits per heavy atom. The average molecular weight is 358 g/mol. The molecule has 2 rings (SSSR count). The molecular formula is C15H10F4N2O4. The Hall–Kier alpha value is -3.01. The molecule has 0 saturated heterocycles. The molecule has 0 heterocycles. The number of hydrogen-bond donors (Lipinski definition) is 2. The molecule has 0 aliphatic rings. The van der Waals surface area contributed by atoms with Crippen LogP contribution in [0.25, 0.3) is 0 Å². The van der Waals surface area contributed by atoms with Crippen LogP contribution in [-0.2, 0) is 0 Å². The summed E-state index contributed by atoms with van der Waals surface area (Å²) in [6, 6.07) is 4.94. The number of benzene rings is 2. The zero-order chi connectivity index (χ0) is 18.7. The second-order valence-electron chi connectivity index (χ2n) is 4.92. The molecule has 2 aromatic carbocycles. The fraction of sp³-hybridized carbons (Fsp3) is 0.133. The van der Waals surface area contributed by atoms with Crippen LogP contribution in [-0.4, -0.2) is 22.5 Å². The first-order valence-electron chi connectivity index (χ1n) is 6.76. The first kappa shape index (κ1) is 18.3. The number of aliphatic hydroxyl groups is 1. The van der Waals surface area contributed by atoms with Crippen molar-refractivity contribution < 1.29 is 32.4 Å². The number of aliphatic hydroxyl groups excluding tert-OH is 1. The third-order valence-electron chi connectivity index (χ3n) is 3.29. The van der Waals surface area contributed by atoms with Crippen molar-refractivity contribution in [3.63, 3.8) is 0 Å². The van der Waals surface area contributed by atoms with E-state index in [1.807, 2.05) is 5.32 Å². The van der Waals surface area contributed by atoms with Crippen molar-refractivity contribution in [2.45, 2.75) is 6.10 Å². The van der Waals surface area contributed by atoms with Crippen LogP contribution < -0.4 is 5.32 Å². The molecule has 1 amide bonds. The minimum absolute atomic E-state index is 0.196. The molecule has 10 heteroatoms. The molecule has 6 nitrogen and oxygen atoms in total. The summed E-state index contributed by atoms with van der Waals surface area (Å²) in [5, 5.41) is 22.4. The van der Waals surface area contributed by atoms with Gasteiger partial charge in [0.25, 0.3) is 11.6 Å². The van der Waals surface area contributed by atoms with Gasteiger partial charge in [-0.05, 0) is 23.8 Å². The van der Waals surface area contributed by atoms with Gasteiger partial charge in [0.15, 0.2) is 23.3 Å². The lowest BCUT2D eigenvalue weighted by Gasteiger charge is -2.13. The summed E-state index contributed by atoms with van der Waals surface area (Å²) in [5.74, 6) is -9.03. The lowest BCUT2D eigenvalue weighted by Crippen LogP contribution is -2.29. The van der Waals surface area contributed by atoms with Crippen LogP contribution in [0.3, 0.4) is 0 Å². The lowest BCUT2D eigenvalue weighted by atomic mass is 10.1. The molecule has 0 radical (unpaired) electrons. The van der Waals surface area contributed by atoms with Gasteiger partial charge >= 0.3 is 0 Å². The van der Waals surface area contributed by atoms with Crippen LogP contribution in [0.15, 0.2) is 30.3 Å². The molecule has 0 spiro atoms. The summed E-state index contributed by atoms with van der Waals surface area (Å²) in [6.07, 6.45) is -1.32. The number of non-ortho nitro benzene ring substituents is 1. The Kier molecular flexibility index (Phi) is 5.32. The van der Waals surface area contributed by atoms with E-state index in [2.05, 4.69) is 0 Å². The van der Waals surface area contributed by atoms with Crippen molar-refractivity contribution in [3.8, 4) is 0 Å². The number of carbonyl (C=O) groups is 1. The normalized spacial score (nSPS) is 11.9. The van der Waals surface area contributed by atoms with Gasteiger partial charge in [-0.25, -0.2) is 17.6 Å². The van der Waals surface area contributed by atoms with Crippen LogP contribution in [0.1, 0.15) is 22.0 Å². The molecule has 0 aliphatic carbocycles. The van der Waals surface area contributed by atoms with Gasteiger partial charge in [-0.3, -0.25) is 14.9 Å². The summed E-state index contributed by atoms with van der Waals surface area (Å²) in [4.78, 5) is 21.6. The number of amides is 1. The highest BCUT2D eigenvalue weighted by Gasteiger charge is 2.23. The molecule has 1 atom stereocenters. The fourth-order valence-corrected chi connectivity index (χ4v) is 1.96. The highest BCUT2D eigenvalue weighted by molar-refractivity contribution is 5.94. The number of carbonyl (C=O) groups excluding carboxylic acids is 1. The number of nitro benzene ring substituents is 1. The SMILES string of the molecule is O=C(NCC(O)c1ccc([N+](=O)[O-])cc1)c1cc(F)c(F)c(F)c1F. The van der Waals surface area contributed by atoms with Gasteiger partial charge in [0.1, 0.15) is 0 Å². The van der Waals surface area contributed by atoms with Crippen LogP contribution in [0.4, 0.5) is 23.2 Å². The van der Waals surface area contributed by atoms with E-state index in [0.29, 0.717) is 0 Å². The van der Waals surface area contributed by atoms with E-state index in [1.165, 1.54) is 12.1 Å². The van der Waals surface area contributed by atoms with Crippen LogP contribution in [0.5, 0.6) is 0 Å². The summed E-state index contributed by atoms with van der Waals surface area (Å²) in [7, 11) is 0. The van der Waals surface area contributed by atoms with E-state index in [9.17, 15) is 37.6 Å². The number of hydrogen-bond acceptors (Lipinski definition) is 4. The van der Waals surface area contributed by atoms with E-state index >= 15 is 0 Å². The van der Waals surface area contributed by atoms with E-state index in [1.54, 1.807) is 0 Å². The van der Waals surface area contributed by atoms with Gasteiger partial charge in [-0.2, -0.15) is 0 Å². The summed E-state index contributed by atoms with van der Waals surface area (Å²) < 4.78 is 52.5. The Bertz CT molecular complexity index is 827. The molecule has 0 bridgehead atoms. The summed E-state index contributed by atoms with van der Waals surface area (Å²) in [6.45, 7) is -0.475. The van der Waals surface area contributed by atoms with E-state index in [0.717, 1.165) is 12.1 Å². The predicted molar refractivity (Wildman–Crippen MR) is 76.7 cm³/mol. The standard InChI is InChI=1S/C15H10F4N2O4/c16-10-5-9(12(17)14(19)13(10)18)15(23)20-6-11(22)7-1-3-8(4-2-7)21(24)25/h1-5,11,22H,6H2,(H,20,23). The Balaban J connectivity index is 2.08. The zero-order valence-corrected chi connectivity index (χ0v) is 12.3. The maximum Gasteiger partial charge on any atom is 0.269 e. The Labute approximate surface area is 137 Å². The number of nitro groups is 1. The van der Waals surface area contributed by atoms with E-state index in [4.69, 9.17) is 0 Å². The van der Waals surface area contributed by atoms with Crippen molar-refractivity contribution in [2.24, 2.45) is 0 Å². The van der Waals surface area contributed by atoms with E-state index in [-0.39, 0.29) is 17.3 Å². The third kappa shape index (κ3) is 3.91. The van der Waals surface area contributed by atoms with Crippen LogP contribution in [0, 0.1) is 33.4 Å². The third-order valence-corrected chi connectivity index (χ3v) is 3.29. The van der Waals surface area contributed by atoms with Gasteiger partial charge in [-0.1, -0.05) is 0 Å². The largest absolute Gasteiger partial charge is 0.387 e. The number of nitrogens with one attached hydrogen (secondary N) is 1. The number of rotatable bonds is 5. The first-order valence-corrected chi connectivity index (χ1v) is 6.76. The number of halogens is 4. The van der Waals surface area contributed by atoms with Crippen molar-refractivity contribution >= 4 is 11.6 Å². The van der Waals surface area contributed by atoms with Crippen molar-refractivity contribution in [3.05, 3.63) is 74.8 Å². The maximum absolute atomic E-state index is 13.5. The Morgan fingerprint density at radius 3 is 2.28 bits per heavy atom. The maximum atomic E-state index is 13.5. The van der Waals surface area contributed by atoms with Crippen LogP contribution >= 0.6 is 0 Å². The monoisotopic (exact) mass is 358 g/mol. The molecule has 0 fully saturated rings. The summed E-state index contributed by atoms with van der Waals surface area (Å²) >= 11 is 0. The molecule has 0 saturated carbocycles. The summed E-state index contributed by atoms with van der Waals surface area (Å²) in [5.41, 5.74) is -1.06. The molecule has 2 N–H and O–H groups in total. The molecule has 2 aromatic rings. The average Bonchev–Trinajstić information content (AvgIpc) is 2.60. The molecule has 0 aromatic heterocycles. The molecule has 0 aliphatic heterocycles. The molecule has 25 heavy (non-hydrogen) atoms. The smallest absolute Gasteiger partial charge is 0.269 e. The van der Waals surface area contributed by atoms with Crippen LogP contribution in [0.2, 0.25) is 0 Å². The molecular weight excluding hydrogens is 348 g/mol. The molecule has 132 valence electrons. The highest BCUT2D eigenvalue weighted by Crippen LogP contribution is 2.20. The first-order chi connectivity index (χ1) is 11.7. The quantitative estimate of drug-likeness (QED) is 0.283. The molecule has 1 unspecified atom stereocenters. The predicted octanol–water partition coefficient (Wildman–Crippen LogP) is 2.61. The van der Waals surface area contributed by atoms with Crippen molar-refractivity contribution in [1.29, 1.82) is 0 Å². The minimum atomic E-state index is -2.12. The lowest BCUT2D eigenvalue weighted by molar-refractivity contribution is -0.384. The van der Waals surface area contributed by atoms with Gasteiger partial charge in [-0.15, -0.1) is 0 Å². The second kappa shape index (κ2) is 7.26. The van der Waals surface area contributed by atoms with Gasteiger partial charge < -0.3 is 10.4 Å².